The van der Waals surface area contributed by atoms with Crippen LogP contribution in [0.4, 0.5) is 5.69 Å². The van der Waals surface area contributed by atoms with Crippen molar-refractivity contribution < 1.29 is 8.83 Å². The Kier molecular flexibility index (Phi) is 2.75. The summed E-state index contributed by atoms with van der Waals surface area (Å²) in [5.41, 5.74) is 12.5. The first-order valence-electron chi connectivity index (χ1n) is 8.91. The van der Waals surface area contributed by atoms with Crippen LogP contribution in [0.3, 0.4) is 0 Å². The van der Waals surface area contributed by atoms with Gasteiger partial charge in [-0.15, -0.1) is 0 Å². The number of benzene rings is 4. The molecule has 3 heteroatoms. The number of anilines is 1. The Morgan fingerprint density at radius 2 is 1.15 bits per heavy atom. The van der Waals surface area contributed by atoms with E-state index in [4.69, 9.17) is 14.6 Å². The maximum absolute atomic E-state index is 6.24. The summed E-state index contributed by atoms with van der Waals surface area (Å²) in [7, 11) is 0. The van der Waals surface area contributed by atoms with Crippen LogP contribution in [0.15, 0.2) is 87.7 Å². The first-order chi connectivity index (χ1) is 13.3. The van der Waals surface area contributed by atoms with E-state index in [-0.39, 0.29) is 0 Å². The molecule has 6 aromatic rings. The first-order valence-corrected chi connectivity index (χ1v) is 8.91. The average Bonchev–Trinajstić information content (AvgIpc) is 3.28. The summed E-state index contributed by atoms with van der Waals surface area (Å²) < 4.78 is 12.1. The molecule has 2 N–H and O–H groups in total. The van der Waals surface area contributed by atoms with Crippen LogP contribution in [0.5, 0.6) is 0 Å². The molecule has 2 aromatic heterocycles. The molecule has 0 radical (unpaired) electrons. The summed E-state index contributed by atoms with van der Waals surface area (Å²) in [6.45, 7) is 0. The molecule has 0 saturated heterocycles. The number of rotatable bonds is 1. The monoisotopic (exact) mass is 349 g/mol. The Balaban J connectivity index is 1.83. The van der Waals surface area contributed by atoms with Crippen molar-refractivity contribution in [2.45, 2.75) is 0 Å². The van der Waals surface area contributed by atoms with Crippen LogP contribution in [-0.2, 0) is 0 Å². The van der Waals surface area contributed by atoms with Crippen LogP contribution >= 0.6 is 0 Å². The van der Waals surface area contributed by atoms with E-state index in [0.29, 0.717) is 5.69 Å². The molecule has 0 fully saturated rings. The second-order valence-electron chi connectivity index (χ2n) is 6.78. The molecule has 0 aliphatic heterocycles. The van der Waals surface area contributed by atoms with Crippen LogP contribution in [-0.4, -0.2) is 0 Å². The minimum absolute atomic E-state index is 0.647. The normalized spacial score (nSPS) is 11.9. The van der Waals surface area contributed by atoms with Gasteiger partial charge in [-0.05, 0) is 35.4 Å². The average molecular weight is 349 g/mol. The quantitative estimate of drug-likeness (QED) is 0.335. The summed E-state index contributed by atoms with van der Waals surface area (Å²) in [6.07, 6.45) is 0. The van der Waals surface area contributed by atoms with Gasteiger partial charge in [-0.1, -0.05) is 54.6 Å². The van der Waals surface area contributed by atoms with Crippen molar-refractivity contribution in [3.63, 3.8) is 0 Å². The van der Waals surface area contributed by atoms with Gasteiger partial charge in [0.1, 0.15) is 16.7 Å². The number of fused-ring (bicyclic) bond motifs is 6. The lowest BCUT2D eigenvalue weighted by molar-refractivity contribution is 0.669. The smallest absolute Gasteiger partial charge is 0.158 e. The molecule has 6 rings (SSSR count). The molecule has 4 aromatic carbocycles. The summed E-state index contributed by atoms with van der Waals surface area (Å²) in [5.74, 6) is 0. The molecular formula is C24H15NO2. The molecule has 0 bridgehead atoms. The van der Waals surface area contributed by atoms with E-state index >= 15 is 0 Å². The Hall–Kier alpha value is -3.72. The van der Waals surface area contributed by atoms with E-state index in [0.717, 1.165) is 55.0 Å². The van der Waals surface area contributed by atoms with E-state index in [2.05, 4.69) is 24.3 Å². The maximum Gasteiger partial charge on any atom is 0.158 e. The van der Waals surface area contributed by atoms with Crippen molar-refractivity contribution >= 4 is 49.6 Å². The third-order valence-electron chi connectivity index (χ3n) is 5.25. The van der Waals surface area contributed by atoms with Crippen molar-refractivity contribution in [1.82, 2.24) is 0 Å². The highest BCUT2D eigenvalue weighted by atomic mass is 16.3. The minimum atomic E-state index is 0.647. The number of nitrogen functional groups attached to an aromatic ring is 1. The number of para-hydroxylation sites is 2. The number of hydrogen-bond donors (Lipinski definition) is 1. The van der Waals surface area contributed by atoms with Gasteiger partial charge < -0.3 is 14.6 Å². The standard InChI is InChI=1S/C24H15NO2/c25-18-13-12-15(23-17-7-2-4-10-20(17)27-24(18)23)14-8-5-11-21-22(14)16-6-1-3-9-19(16)26-21/h1-13H,25H2. The fraction of sp³-hybridized carbons (Fsp3) is 0. The van der Waals surface area contributed by atoms with Gasteiger partial charge in [-0.2, -0.15) is 0 Å². The van der Waals surface area contributed by atoms with Crippen molar-refractivity contribution in [3.8, 4) is 11.1 Å². The summed E-state index contributed by atoms with van der Waals surface area (Å²) in [4.78, 5) is 0. The highest BCUT2D eigenvalue weighted by Crippen LogP contribution is 2.43. The summed E-state index contributed by atoms with van der Waals surface area (Å²) in [6, 6.07) is 26.4. The predicted molar refractivity (Wildman–Crippen MR) is 111 cm³/mol. The third-order valence-corrected chi connectivity index (χ3v) is 5.25. The van der Waals surface area contributed by atoms with E-state index in [1.807, 2.05) is 54.6 Å². The van der Waals surface area contributed by atoms with E-state index in [1.54, 1.807) is 0 Å². The van der Waals surface area contributed by atoms with Crippen LogP contribution in [0.25, 0.3) is 55.0 Å². The van der Waals surface area contributed by atoms with Crippen molar-refractivity contribution in [1.29, 1.82) is 0 Å². The molecular weight excluding hydrogens is 334 g/mol. The van der Waals surface area contributed by atoms with Crippen LogP contribution in [0.1, 0.15) is 0 Å². The molecule has 0 spiro atoms. The molecule has 3 nitrogen and oxygen atoms in total. The number of hydrogen-bond acceptors (Lipinski definition) is 3. The SMILES string of the molecule is Nc1ccc(-c2cccc3oc4ccccc4c23)c2c1oc1ccccc12. The largest absolute Gasteiger partial charge is 0.456 e. The van der Waals surface area contributed by atoms with Gasteiger partial charge >= 0.3 is 0 Å². The maximum atomic E-state index is 6.24. The van der Waals surface area contributed by atoms with E-state index in [1.165, 1.54) is 0 Å². The Morgan fingerprint density at radius 1 is 0.519 bits per heavy atom. The zero-order valence-corrected chi connectivity index (χ0v) is 14.4. The molecule has 0 saturated carbocycles. The zero-order valence-electron chi connectivity index (χ0n) is 14.4. The molecule has 0 amide bonds. The lowest BCUT2D eigenvalue weighted by Crippen LogP contribution is -1.87. The number of nitrogens with two attached hydrogens (primary N) is 1. The van der Waals surface area contributed by atoms with Crippen molar-refractivity contribution in [2.24, 2.45) is 0 Å². The summed E-state index contributed by atoms with van der Waals surface area (Å²) in [5, 5.41) is 4.34. The molecule has 0 aliphatic carbocycles. The van der Waals surface area contributed by atoms with E-state index < -0.39 is 0 Å². The first kappa shape index (κ1) is 14.4. The highest BCUT2D eigenvalue weighted by Gasteiger charge is 2.18. The van der Waals surface area contributed by atoms with Crippen molar-refractivity contribution in [3.05, 3.63) is 78.9 Å². The van der Waals surface area contributed by atoms with Gasteiger partial charge in [0, 0.05) is 21.5 Å². The minimum Gasteiger partial charge on any atom is -0.456 e. The Morgan fingerprint density at radius 3 is 1.96 bits per heavy atom. The second-order valence-corrected chi connectivity index (χ2v) is 6.78. The fourth-order valence-electron chi connectivity index (χ4n) is 4.07. The van der Waals surface area contributed by atoms with Gasteiger partial charge in [0.25, 0.3) is 0 Å². The van der Waals surface area contributed by atoms with Crippen LogP contribution in [0, 0.1) is 0 Å². The van der Waals surface area contributed by atoms with Gasteiger partial charge in [0.2, 0.25) is 0 Å². The highest BCUT2D eigenvalue weighted by molar-refractivity contribution is 6.20. The van der Waals surface area contributed by atoms with Gasteiger partial charge in [-0.25, -0.2) is 0 Å². The molecule has 27 heavy (non-hydrogen) atoms. The zero-order chi connectivity index (χ0) is 18.0. The fourth-order valence-corrected chi connectivity index (χ4v) is 4.07. The predicted octanol–water partition coefficient (Wildman–Crippen LogP) is 6.73. The van der Waals surface area contributed by atoms with Gasteiger partial charge in [0.05, 0.1) is 5.69 Å². The third kappa shape index (κ3) is 1.91. The molecule has 2 heterocycles. The Labute approximate surface area is 154 Å². The van der Waals surface area contributed by atoms with Crippen LogP contribution in [0.2, 0.25) is 0 Å². The van der Waals surface area contributed by atoms with Crippen LogP contribution < -0.4 is 5.73 Å². The van der Waals surface area contributed by atoms with Gasteiger partial charge in [-0.3, -0.25) is 0 Å². The van der Waals surface area contributed by atoms with Crippen molar-refractivity contribution in [2.75, 3.05) is 5.73 Å². The summed E-state index contributed by atoms with van der Waals surface area (Å²) >= 11 is 0. The Bertz CT molecular complexity index is 1490. The van der Waals surface area contributed by atoms with E-state index in [9.17, 15) is 0 Å². The number of furan rings is 2. The topological polar surface area (TPSA) is 52.3 Å². The molecule has 0 unspecified atom stereocenters. The molecule has 0 aliphatic rings. The second kappa shape index (κ2) is 5.15. The lowest BCUT2D eigenvalue weighted by Gasteiger charge is -2.07. The molecule has 0 atom stereocenters. The lowest BCUT2D eigenvalue weighted by atomic mass is 9.95. The molecule has 128 valence electrons. The van der Waals surface area contributed by atoms with Gasteiger partial charge in [0.15, 0.2) is 5.58 Å².